The molecule has 0 spiro atoms. The predicted octanol–water partition coefficient (Wildman–Crippen LogP) is 22.8. The van der Waals surface area contributed by atoms with Crippen molar-refractivity contribution >= 4 is 17.5 Å². The number of hydrogen-bond donors (Lipinski definition) is 3. The summed E-state index contributed by atoms with van der Waals surface area (Å²) in [6, 6.07) is 18.3. The molecule has 3 N–H and O–H groups in total. The Bertz CT molecular complexity index is 2200. The zero-order valence-corrected chi connectivity index (χ0v) is 52.6. The first-order chi connectivity index (χ1) is 40.4. The molecule has 4 rings (SSSR count). The molecule has 2 aromatic heterocycles. The number of ketones is 1. The average Bonchev–Trinajstić information content (AvgIpc) is 4.32. The minimum absolute atomic E-state index is 0.199. The van der Waals surface area contributed by atoms with E-state index < -0.39 is 5.97 Å². The monoisotopic (exact) mass is 1130 g/mol. The highest BCUT2D eigenvalue weighted by Crippen LogP contribution is 2.42. The minimum Gasteiger partial charge on any atom is -0.506 e. The van der Waals surface area contributed by atoms with Gasteiger partial charge in [-0.3, -0.25) is 4.79 Å². The summed E-state index contributed by atoms with van der Waals surface area (Å²) in [6.07, 6.45) is 56.1. The standard InChI is InChI=1S/C73H116N2O7/c1-5-8-11-14-17-20-23-26-29-32-35-38-41-44-54-80-70-58-63(65-51-53-67(75-65)69(77)60-68(76)66-52-50-64(74-66)61-48-47-49-62(57-61)73(78)79-4)59-71(81-55-45-42-39-36-33-30-27-24-21-18-15-12-9-6-2)72(70)82-56-46-43-40-37-34-31-28-25-22-19-16-13-10-7-3/h47-53,57-60,74-76H,5-46,54-56H2,1-4H3/b68-60+. The molecule has 0 saturated carbocycles. The maximum absolute atomic E-state index is 13.7. The van der Waals surface area contributed by atoms with Crippen LogP contribution in [0, 0.1) is 0 Å². The zero-order chi connectivity index (χ0) is 58.3. The van der Waals surface area contributed by atoms with Gasteiger partial charge < -0.3 is 34.0 Å². The third-order valence-electron chi connectivity index (χ3n) is 16.4. The van der Waals surface area contributed by atoms with Crippen molar-refractivity contribution in [1.82, 2.24) is 9.97 Å². The molecule has 0 aliphatic carbocycles. The molecule has 82 heavy (non-hydrogen) atoms. The molecule has 0 radical (unpaired) electrons. The Kier molecular flexibility index (Phi) is 39.4. The second-order valence-electron chi connectivity index (χ2n) is 23.7. The molecule has 460 valence electrons. The number of esters is 1. The third kappa shape index (κ3) is 30.6. The summed E-state index contributed by atoms with van der Waals surface area (Å²) in [5.74, 6) is 1.02. The highest BCUT2D eigenvalue weighted by atomic mass is 16.5. The number of allylic oxidation sites excluding steroid dienone is 1. The van der Waals surface area contributed by atoms with Gasteiger partial charge in [0, 0.05) is 23.0 Å². The largest absolute Gasteiger partial charge is 0.506 e. The smallest absolute Gasteiger partial charge is 0.337 e. The predicted molar refractivity (Wildman–Crippen MR) is 346 cm³/mol. The van der Waals surface area contributed by atoms with Gasteiger partial charge in [-0.05, 0) is 73.4 Å². The third-order valence-corrected chi connectivity index (χ3v) is 16.4. The van der Waals surface area contributed by atoms with E-state index in [9.17, 15) is 14.7 Å². The van der Waals surface area contributed by atoms with Gasteiger partial charge in [0.25, 0.3) is 0 Å². The van der Waals surface area contributed by atoms with Crippen molar-refractivity contribution in [2.75, 3.05) is 26.9 Å². The normalized spacial score (nSPS) is 11.6. The molecule has 4 aromatic rings. The summed E-state index contributed by atoms with van der Waals surface area (Å²) in [4.78, 5) is 32.4. The zero-order valence-electron chi connectivity index (χ0n) is 52.6. The number of aliphatic hydroxyl groups excluding tert-OH is 1. The summed E-state index contributed by atoms with van der Waals surface area (Å²) in [6.45, 7) is 8.64. The van der Waals surface area contributed by atoms with Crippen molar-refractivity contribution in [3.63, 3.8) is 0 Å². The number of H-pyrrole nitrogens is 2. The highest BCUT2D eigenvalue weighted by molar-refractivity contribution is 6.07. The second kappa shape index (κ2) is 46.5. The van der Waals surface area contributed by atoms with Gasteiger partial charge in [0.05, 0.1) is 43.9 Å². The summed E-state index contributed by atoms with van der Waals surface area (Å²) in [5, 5.41) is 11.2. The molecular weight excluding hydrogens is 1020 g/mol. The van der Waals surface area contributed by atoms with E-state index in [0.29, 0.717) is 59.7 Å². The van der Waals surface area contributed by atoms with E-state index in [-0.39, 0.29) is 11.5 Å². The quantitative estimate of drug-likeness (QED) is 0.0132. The summed E-state index contributed by atoms with van der Waals surface area (Å²) in [7, 11) is 1.35. The van der Waals surface area contributed by atoms with E-state index in [1.807, 2.05) is 24.3 Å². The lowest BCUT2D eigenvalue weighted by Gasteiger charge is -2.19. The molecule has 0 amide bonds. The van der Waals surface area contributed by atoms with Crippen LogP contribution in [0.2, 0.25) is 0 Å². The number of aliphatic hydroxyl groups is 1. The number of benzene rings is 2. The van der Waals surface area contributed by atoms with Crippen molar-refractivity contribution in [3.05, 3.63) is 83.7 Å². The fourth-order valence-electron chi connectivity index (χ4n) is 11.1. The highest BCUT2D eigenvalue weighted by Gasteiger charge is 2.19. The fourth-order valence-corrected chi connectivity index (χ4v) is 11.1. The lowest BCUT2D eigenvalue weighted by atomic mass is 10.0. The Labute approximate surface area is 499 Å². The Morgan fingerprint density at radius 3 is 1.13 bits per heavy atom. The number of carbonyl (C=O) groups excluding carboxylic acids is 2. The molecule has 0 saturated heterocycles. The first-order valence-corrected chi connectivity index (χ1v) is 34.0. The molecule has 2 heterocycles. The summed E-state index contributed by atoms with van der Waals surface area (Å²) >= 11 is 0. The average molecular weight is 1130 g/mol. The molecule has 0 aliphatic rings. The SMILES string of the molecule is CCCCCCCCCCCCCCCCOc1cc(-c2ccc(C(=O)/C=C(/O)c3ccc(-c4cccc(C(=O)OC)c4)[nH]3)[nH]2)cc(OCCCCCCCCCCCCCCCC)c1OCCCCCCCCCCCCCCCC. The number of methoxy groups -OCH3 is 1. The van der Waals surface area contributed by atoms with Crippen LogP contribution in [0.15, 0.2) is 66.7 Å². The van der Waals surface area contributed by atoms with Crippen LogP contribution in [0.3, 0.4) is 0 Å². The molecule has 2 aromatic carbocycles. The maximum Gasteiger partial charge on any atom is 0.337 e. The van der Waals surface area contributed by atoms with Gasteiger partial charge in [-0.25, -0.2) is 4.79 Å². The van der Waals surface area contributed by atoms with Gasteiger partial charge in [-0.1, -0.05) is 283 Å². The van der Waals surface area contributed by atoms with Crippen LogP contribution in [-0.4, -0.2) is 53.8 Å². The number of aromatic nitrogens is 2. The molecule has 0 atom stereocenters. The number of hydrogen-bond acceptors (Lipinski definition) is 7. The van der Waals surface area contributed by atoms with Gasteiger partial charge in [-0.2, -0.15) is 0 Å². The summed E-state index contributed by atoms with van der Waals surface area (Å²) in [5.41, 5.74) is 4.16. The molecule has 9 heteroatoms. The van der Waals surface area contributed by atoms with E-state index in [2.05, 4.69) is 30.7 Å². The van der Waals surface area contributed by atoms with Crippen LogP contribution in [0.4, 0.5) is 0 Å². The van der Waals surface area contributed by atoms with Gasteiger partial charge in [-0.15, -0.1) is 0 Å². The topological polar surface area (TPSA) is 123 Å². The molecule has 0 aliphatic heterocycles. The number of ether oxygens (including phenoxy) is 4. The lowest BCUT2D eigenvalue weighted by Crippen LogP contribution is -2.07. The van der Waals surface area contributed by atoms with Crippen molar-refractivity contribution in [3.8, 4) is 39.8 Å². The number of aromatic amines is 2. The first-order valence-electron chi connectivity index (χ1n) is 34.0. The lowest BCUT2D eigenvalue weighted by molar-refractivity contribution is 0.0600. The van der Waals surface area contributed by atoms with Crippen molar-refractivity contribution in [1.29, 1.82) is 0 Å². The Morgan fingerprint density at radius 1 is 0.402 bits per heavy atom. The van der Waals surface area contributed by atoms with E-state index in [1.165, 1.54) is 244 Å². The second-order valence-corrected chi connectivity index (χ2v) is 23.7. The number of rotatable bonds is 54. The van der Waals surface area contributed by atoms with Crippen LogP contribution in [0.25, 0.3) is 28.3 Å². The summed E-state index contributed by atoms with van der Waals surface area (Å²) < 4.78 is 25.0. The fraction of sp³-hybridized carbons (Fsp3) is 0.671. The molecule has 0 bridgehead atoms. The number of carbonyl (C=O) groups is 2. The van der Waals surface area contributed by atoms with Crippen molar-refractivity contribution < 1.29 is 33.6 Å². The van der Waals surface area contributed by atoms with Crippen LogP contribution < -0.4 is 14.2 Å². The van der Waals surface area contributed by atoms with Gasteiger partial charge in [0.1, 0.15) is 5.76 Å². The van der Waals surface area contributed by atoms with E-state index in [4.69, 9.17) is 18.9 Å². The van der Waals surface area contributed by atoms with Crippen molar-refractivity contribution in [2.45, 2.75) is 290 Å². The molecule has 9 nitrogen and oxygen atoms in total. The molecule has 0 fully saturated rings. The van der Waals surface area contributed by atoms with Crippen LogP contribution in [0.5, 0.6) is 17.2 Å². The van der Waals surface area contributed by atoms with Gasteiger partial charge >= 0.3 is 5.97 Å². The van der Waals surface area contributed by atoms with E-state index in [0.717, 1.165) is 55.3 Å². The van der Waals surface area contributed by atoms with Gasteiger partial charge in [0.2, 0.25) is 11.5 Å². The maximum atomic E-state index is 13.7. The Balaban J connectivity index is 1.42. The number of nitrogens with one attached hydrogen (secondary N) is 2. The van der Waals surface area contributed by atoms with Crippen LogP contribution in [0.1, 0.15) is 317 Å². The number of unbranched alkanes of at least 4 members (excludes halogenated alkanes) is 39. The Hall–Kier alpha value is -4.92. The van der Waals surface area contributed by atoms with Crippen LogP contribution in [-0.2, 0) is 4.74 Å². The van der Waals surface area contributed by atoms with E-state index >= 15 is 0 Å². The Morgan fingerprint density at radius 2 is 0.744 bits per heavy atom. The van der Waals surface area contributed by atoms with Crippen molar-refractivity contribution in [2.24, 2.45) is 0 Å². The molecule has 0 unspecified atom stereocenters. The van der Waals surface area contributed by atoms with E-state index in [1.54, 1.807) is 36.4 Å². The van der Waals surface area contributed by atoms with Crippen LogP contribution >= 0.6 is 0 Å². The first kappa shape index (κ1) is 69.6. The van der Waals surface area contributed by atoms with Gasteiger partial charge in [0.15, 0.2) is 11.5 Å². The molecular formula is C73H116N2O7. The minimum atomic E-state index is -0.431.